The first kappa shape index (κ1) is 12.3. The molecule has 5 heteroatoms. The lowest BCUT2D eigenvalue weighted by atomic mass is 9.80. The van der Waals surface area contributed by atoms with Crippen LogP contribution in [-0.4, -0.2) is 47.8 Å². The number of nitriles is 1. The molecule has 2 aliphatic rings. The first-order chi connectivity index (χ1) is 7.99. The maximum absolute atomic E-state index is 12.4. The van der Waals surface area contributed by atoms with E-state index >= 15 is 0 Å². The maximum atomic E-state index is 12.4. The molecule has 0 aromatic rings. The van der Waals surface area contributed by atoms with Gasteiger partial charge in [0.25, 0.3) is 0 Å². The van der Waals surface area contributed by atoms with E-state index in [0.717, 1.165) is 0 Å². The van der Waals surface area contributed by atoms with Gasteiger partial charge in [0.15, 0.2) is 0 Å². The van der Waals surface area contributed by atoms with Gasteiger partial charge in [-0.2, -0.15) is 5.26 Å². The number of carbonyl (C=O) groups is 1. The second-order valence-electron chi connectivity index (χ2n) is 5.28. The number of amides is 1. The van der Waals surface area contributed by atoms with Crippen LogP contribution in [0.25, 0.3) is 0 Å². The fourth-order valence-electron chi connectivity index (χ4n) is 2.51. The number of hydrogen-bond acceptors (Lipinski definition) is 4. The first-order valence-electron chi connectivity index (χ1n) is 6.00. The molecular formula is C12H18N2O3. The van der Waals surface area contributed by atoms with Crippen molar-refractivity contribution >= 4 is 5.91 Å². The van der Waals surface area contributed by atoms with Gasteiger partial charge in [-0.25, -0.2) is 0 Å². The lowest BCUT2D eigenvalue weighted by Crippen LogP contribution is -2.46. The molecule has 1 atom stereocenters. The van der Waals surface area contributed by atoms with E-state index in [2.05, 4.69) is 6.07 Å². The van der Waals surface area contributed by atoms with Gasteiger partial charge in [0.05, 0.1) is 11.7 Å². The maximum Gasteiger partial charge on any atom is 0.243 e. The molecule has 2 rings (SSSR count). The summed E-state index contributed by atoms with van der Waals surface area (Å²) < 4.78 is 5.21. The number of rotatable bonds is 1. The molecule has 0 radical (unpaired) electrons. The molecule has 2 heterocycles. The zero-order valence-corrected chi connectivity index (χ0v) is 10.1. The normalized spacial score (nSPS) is 32.2. The van der Waals surface area contributed by atoms with Gasteiger partial charge in [-0.05, 0) is 26.2 Å². The van der Waals surface area contributed by atoms with Gasteiger partial charge < -0.3 is 14.7 Å². The summed E-state index contributed by atoms with van der Waals surface area (Å²) in [5.74, 6) is -0.138. The molecule has 2 aliphatic heterocycles. The van der Waals surface area contributed by atoms with Crippen LogP contribution in [0.2, 0.25) is 0 Å². The van der Waals surface area contributed by atoms with E-state index in [1.807, 2.05) is 0 Å². The van der Waals surface area contributed by atoms with Crippen molar-refractivity contribution in [2.45, 2.75) is 31.8 Å². The molecule has 0 saturated carbocycles. The molecule has 1 N–H and O–H groups in total. The topological polar surface area (TPSA) is 73.6 Å². The van der Waals surface area contributed by atoms with Crippen molar-refractivity contribution in [1.82, 2.24) is 4.90 Å². The van der Waals surface area contributed by atoms with Crippen molar-refractivity contribution in [2.24, 2.45) is 5.41 Å². The number of aliphatic hydroxyl groups is 1. The Morgan fingerprint density at radius 3 is 2.53 bits per heavy atom. The summed E-state index contributed by atoms with van der Waals surface area (Å²) in [7, 11) is 0. The zero-order chi connectivity index (χ0) is 12.5. The number of ether oxygens (including phenoxy) is 1. The average molecular weight is 238 g/mol. The van der Waals surface area contributed by atoms with E-state index < -0.39 is 11.0 Å². The van der Waals surface area contributed by atoms with E-state index in [1.54, 1.807) is 11.8 Å². The second-order valence-corrected chi connectivity index (χ2v) is 5.28. The number of β-amino-alcohol motifs (C(OH)–C–C–N with tert-alkyl or cyclic N) is 1. The Hall–Kier alpha value is -1.12. The predicted octanol–water partition coefficient (Wildman–Crippen LogP) is 0.290. The van der Waals surface area contributed by atoms with Crippen LogP contribution >= 0.6 is 0 Å². The van der Waals surface area contributed by atoms with Gasteiger partial charge in [-0.15, -0.1) is 0 Å². The molecule has 17 heavy (non-hydrogen) atoms. The monoisotopic (exact) mass is 238 g/mol. The molecule has 2 fully saturated rings. The number of nitrogens with zero attached hydrogens (tertiary/aromatic N) is 2. The first-order valence-corrected chi connectivity index (χ1v) is 6.00. The molecule has 0 aromatic heterocycles. The summed E-state index contributed by atoms with van der Waals surface area (Å²) in [5.41, 5.74) is -1.74. The molecule has 0 aromatic carbocycles. The number of likely N-dealkylation sites (tertiary alicyclic amines) is 1. The fraction of sp³-hybridized carbons (Fsp3) is 0.833. The van der Waals surface area contributed by atoms with Crippen LogP contribution in [0.1, 0.15) is 26.2 Å². The summed E-state index contributed by atoms with van der Waals surface area (Å²) in [4.78, 5) is 14.0. The van der Waals surface area contributed by atoms with Crippen LogP contribution in [0.15, 0.2) is 0 Å². The lowest BCUT2D eigenvalue weighted by Gasteiger charge is -2.33. The summed E-state index contributed by atoms with van der Waals surface area (Å²) in [6.07, 6.45) is 1.50. The number of carbonyl (C=O) groups excluding carboxylic acids is 1. The molecule has 1 amide bonds. The van der Waals surface area contributed by atoms with E-state index in [-0.39, 0.29) is 5.91 Å². The van der Waals surface area contributed by atoms with E-state index in [0.29, 0.717) is 45.6 Å². The van der Waals surface area contributed by atoms with Gasteiger partial charge in [0.1, 0.15) is 5.41 Å². The molecule has 94 valence electrons. The minimum absolute atomic E-state index is 0.138. The zero-order valence-electron chi connectivity index (χ0n) is 10.1. The Balaban J connectivity index is 2.11. The summed E-state index contributed by atoms with van der Waals surface area (Å²) in [6, 6.07) is 2.17. The third-order valence-corrected chi connectivity index (χ3v) is 3.71. The predicted molar refractivity (Wildman–Crippen MR) is 59.9 cm³/mol. The SMILES string of the molecule is CC1(O)CCN(C(=O)C2(C#N)CCOCC2)C1. The highest BCUT2D eigenvalue weighted by Crippen LogP contribution is 2.34. The van der Waals surface area contributed by atoms with Crippen LogP contribution in [0, 0.1) is 16.7 Å². The van der Waals surface area contributed by atoms with Crippen LogP contribution in [-0.2, 0) is 9.53 Å². The van der Waals surface area contributed by atoms with Crippen molar-refractivity contribution in [2.75, 3.05) is 26.3 Å². The van der Waals surface area contributed by atoms with Crippen molar-refractivity contribution < 1.29 is 14.6 Å². The standard InChI is InChI=1S/C12H18N2O3/c1-11(16)2-5-14(9-11)10(15)12(8-13)3-6-17-7-4-12/h16H,2-7,9H2,1H3. The molecule has 0 aliphatic carbocycles. The largest absolute Gasteiger partial charge is 0.388 e. The minimum Gasteiger partial charge on any atom is -0.388 e. The highest BCUT2D eigenvalue weighted by Gasteiger charge is 2.46. The van der Waals surface area contributed by atoms with Gasteiger partial charge in [-0.3, -0.25) is 4.79 Å². The Bertz CT molecular complexity index is 353. The van der Waals surface area contributed by atoms with Crippen molar-refractivity contribution in [1.29, 1.82) is 5.26 Å². The third-order valence-electron chi connectivity index (χ3n) is 3.71. The van der Waals surface area contributed by atoms with Gasteiger partial charge in [0.2, 0.25) is 5.91 Å². The van der Waals surface area contributed by atoms with Crippen LogP contribution in [0.3, 0.4) is 0 Å². The minimum atomic E-state index is -0.932. The number of hydrogen-bond donors (Lipinski definition) is 1. The Kier molecular flexibility index (Phi) is 3.11. The summed E-state index contributed by atoms with van der Waals surface area (Å²) in [6.45, 7) is 3.52. The average Bonchev–Trinajstić information content (AvgIpc) is 2.69. The highest BCUT2D eigenvalue weighted by molar-refractivity contribution is 5.86. The van der Waals surface area contributed by atoms with Crippen molar-refractivity contribution in [3.8, 4) is 6.07 Å². The molecule has 0 bridgehead atoms. The molecule has 0 spiro atoms. The summed E-state index contributed by atoms with van der Waals surface area (Å²) >= 11 is 0. The van der Waals surface area contributed by atoms with E-state index in [9.17, 15) is 15.2 Å². The Labute approximate surface area is 101 Å². The second kappa shape index (κ2) is 4.28. The highest BCUT2D eigenvalue weighted by atomic mass is 16.5. The van der Waals surface area contributed by atoms with Gasteiger partial charge in [-0.1, -0.05) is 0 Å². The third kappa shape index (κ3) is 2.28. The van der Waals surface area contributed by atoms with Crippen LogP contribution in [0.5, 0.6) is 0 Å². The van der Waals surface area contributed by atoms with E-state index in [4.69, 9.17) is 4.74 Å². The van der Waals surface area contributed by atoms with Gasteiger partial charge in [0, 0.05) is 26.3 Å². The molecule has 1 unspecified atom stereocenters. The van der Waals surface area contributed by atoms with Crippen molar-refractivity contribution in [3.63, 3.8) is 0 Å². The lowest BCUT2D eigenvalue weighted by molar-refractivity contribution is -0.143. The smallest absolute Gasteiger partial charge is 0.243 e. The Morgan fingerprint density at radius 1 is 1.41 bits per heavy atom. The molecule has 5 nitrogen and oxygen atoms in total. The van der Waals surface area contributed by atoms with Crippen LogP contribution in [0.4, 0.5) is 0 Å². The molecule has 2 saturated heterocycles. The van der Waals surface area contributed by atoms with E-state index in [1.165, 1.54) is 0 Å². The quantitative estimate of drug-likeness (QED) is 0.712. The fourth-order valence-corrected chi connectivity index (χ4v) is 2.51. The van der Waals surface area contributed by atoms with Crippen LogP contribution < -0.4 is 0 Å². The van der Waals surface area contributed by atoms with Crippen molar-refractivity contribution in [3.05, 3.63) is 0 Å². The molecular weight excluding hydrogens is 220 g/mol. The Morgan fingerprint density at radius 2 is 2.06 bits per heavy atom. The summed E-state index contributed by atoms with van der Waals surface area (Å²) in [5, 5.41) is 19.2. The van der Waals surface area contributed by atoms with Gasteiger partial charge >= 0.3 is 0 Å².